The molecule has 6 heteroatoms. The molecule has 1 aromatic rings. The zero-order valence-corrected chi connectivity index (χ0v) is 11.5. The maximum atomic E-state index is 12.5. The Bertz CT molecular complexity index is 433. The maximum absolute atomic E-state index is 12.5. The molecule has 1 aromatic heterocycles. The highest BCUT2D eigenvalue weighted by Crippen LogP contribution is 2.13. The highest BCUT2D eigenvalue weighted by molar-refractivity contribution is 5.92. The summed E-state index contributed by atoms with van der Waals surface area (Å²) in [7, 11) is 2.09. The number of amides is 1. The third kappa shape index (κ3) is 3.21. The molecule has 1 atom stereocenters. The summed E-state index contributed by atoms with van der Waals surface area (Å²) in [6.45, 7) is 4.78. The Hall–Kier alpha value is -1.66. The number of aromatic nitrogens is 1. The molecular formula is C13H21N5O. The first-order chi connectivity index (χ1) is 9.11. The van der Waals surface area contributed by atoms with Gasteiger partial charge in [0, 0.05) is 19.1 Å². The lowest BCUT2D eigenvalue weighted by Gasteiger charge is -2.27. The first kappa shape index (κ1) is 13.8. The first-order valence-corrected chi connectivity index (χ1v) is 6.54. The zero-order valence-electron chi connectivity index (χ0n) is 11.5. The van der Waals surface area contributed by atoms with Gasteiger partial charge in [0.05, 0.1) is 11.9 Å². The number of anilines is 1. The number of pyridine rings is 1. The fourth-order valence-corrected chi connectivity index (χ4v) is 2.43. The molecule has 0 bridgehead atoms. The molecule has 19 heavy (non-hydrogen) atoms. The molecular weight excluding hydrogens is 242 g/mol. The van der Waals surface area contributed by atoms with E-state index in [0.717, 1.165) is 26.1 Å². The van der Waals surface area contributed by atoms with Crippen molar-refractivity contribution in [3.63, 3.8) is 0 Å². The van der Waals surface area contributed by atoms with Crippen LogP contribution in [0.3, 0.4) is 0 Å². The maximum Gasteiger partial charge on any atom is 0.272 e. The quantitative estimate of drug-likeness (QED) is 0.601. The Morgan fingerprint density at radius 3 is 2.89 bits per heavy atom. The molecule has 0 radical (unpaired) electrons. The molecule has 1 saturated heterocycles. The molecule has 1 fully saturated rings. The van der Waals surface area contributed by atoms with Gasteiger partial charge < -0.3 is 15.2 Å². The number of nitrogens with zero attached hydrogens (tertiary/aromatic N) is 3. The van der Waals surface area contributed by atoms with Gasteiger partial charge in [0.1, 0.15) is 5.69 Å². The van der Waals surface area contributed by atoms with Crippen molar-refractivity contribution in [2.75, 3.05) is 32.1 Å². The number of hydrazine groups is 1. The monoisotopic (exact) mass is 263 g/mol. The van der Waals surface area contributed by atoms with E-state index >= 15 is 0 Å². The summed E-state index contributed by atoms with van der Waals surface area (Å²) in [4.78, 5) is 20.8. The number of rotatable bonds is 2. The molecule has 104 valence electrons. The van der Waals surface area contributed by atoms with Crippen molar-refractivity contribution in [3.05, 3.63) is 24.0 Å². The second-order valence-electron chi connectivity index (χ2n) is 5.04. The predicted molar refractivity (Wildman–Crippen MR) is 74.7 cm³/mol. The van der Waals surface area contributed by atoms with Gasteiger partial charge in [0.2, 0.25) is 0 Å². The van der Waals surface area contributed by atoms with E-state index in [9.17, 15) is 4.79 Å². The molecule has 0 aliphatic carbocycles. The van der Waals surface area contributed by atoms with Gasteiger partial charge in [-0.2, -0.15) is 0 Å². The van der Waals surface area contributed by atoms with Crippen molar-refractivity contribution in [2.24, 2.45) is 5.84 Å². The van der Waals surface area contributed by atoms with Gasteiger partial charge in [-0.3, -0.25) is 10.6 Å². The van der Waals surface area contributed by atoms with Gasteiger partial charge in [0.25, 0.3) is 5.91 Å². The summed E-state index contributed by atoms with van der Waals surface area (Å²) in [6, 6.07) is 3.67. The number of likely N-dealkylation sites (N-methyl/N-ethyl adjacent to an activating group) is 1. The van der Waals surface area contributed by atoms with Crippen LogP contribution in [-0.4, -0.2) is 53.4 Å². The average Bonchev–Trinajstić information content (AvgIpc) is 2.58. The normalized spacial score (nSPS) is 21.0. The van der Waals surface area contributed by atoms with E-state index in [1.54, 1.807) is 18.3 Å². The molecule has 2 heterocycles. The fourth-order valence-electron chi connectivity index (χ4n) is 2.43. The molecule has 2 rings (SSSR count). The van der Waals surface area contributed by atoms with Gasteiger partial charge >= 0.3 is 0 Å². The summed E-state index contributed by atoms with van der Waals surface area (Å²) in [5.41, 5.74) is 3.67. The molecule has 1 aliphatic heterocycles. The van der Waals surface area contributed by atoms with E-state index in [2.05, 4.69) is 29.3 Å². The molecule has 0 aromatic carbocycles. The van der Waals surface area contributed by atoms with Crippen molar-refractivity contribution >= 4 is 11.6 Å². The summed E-state index contributed by atoms with van der Waals surface area (Å²) in [6.07, 6.45) is 2.57. The largest absolute Gasteiger partial charge is 0.333 e. The minimum absolute atomic E-state index is 0.00799. The van der Waals surface area contributed by atoms with E-state index in [-0.39, 0.29) is 11.9 Å². The van der Waals surface area contributed by atoms with Crippen LogP contribution in [-0.2, 0) is 0 Å². The number of nitrogen functional groups attached to an aromatic ring is 1. The second kappa shape index (κ2) is 5.99. The molecule has 3 N–H and O–H groups in total. The van der Waals surface area contributed by atoms with E-state index in [1.807, 2.05) is 4.90 Å². The average molecular weight is 263 g/mol. The Morgan fingerprint density at radius 1 is 1.47 bits per heavy atom. The third-order valence-electron chi connectivity index (χ3n) is 3.46. The molecule has 0 saturated carbocycles. The Kier molecular flexibility index (Phi) is 4.34. The van der Waals surface area contributed by atoms with E-state index in [4.69, 9.17) is 5.84 Å². The van der Waals surface area contributed by atoms with Crippen LogP contribution in [0.4, 0.5) is 5.69 Å². The number of hydrogen-bond donors (Lipinski definition) is 2. The van der Waals surface area contributed by atoms with Crippen molar-refractivity contribution in [1.29, 1.82) is 0 Å². The van der Waals surface area contributed by atoms with Crippen LogP contribution in [0, 0.1) is 0 Å². The van der Waals surface area contributed by atoms with Crippen molar-refractivity contribution < 1.29 is 4.79 Å². The topological polar surface area (TPSA) is 74.5 Å². The minimum atomic E-state index is -0.00799. The molecule has 6 nitrogen and oxygen atoms in total. The summed E-state index contributed by atoms with van der Waals surface area (Å²) in [5.74, 6) is 5.28. The van der Waals surface area contributed by atoms with Gasteiger partial charge in [-0.25, -0.2) is 4.98 Å². The highest BCUT2D eigenvalue weighted by atomic mass is 16.2. The second-order valence-corrected chi connectivity index (χ2v) is 5.04. The predicted octanol–water partition coefficient (Wildman–Crippen LogP) is 0.533. The Balaban J connectivity index is 2.12. The van der Waals surface area contributed by atoms with Crippen LogP contribution in [0.5, 0.6) is 0 Å². The van der Waals surface area contributed by atoms with Crippen LogP contribution in [0.25, 0.3) is 0 Å². The zero-order chi connectivity index (χ0) is 13.8. The standard InChI is InChI=1S/C13H21N5O/c1-10-9-17(2)6-3-7-18(10)13(19)12-5-4-11(16-14)8-15-12/h4-5,8,10,16H,3,6-7,9,14H2,1-2H3. The van der Waals surface area contributed by atoms with Crippen molar-refractivity contribution in [3.8, 4) is 0 Å². The van der Waals surface area contributed by atoms with Gasteiger partial charge in [-0.05, 0) is 39.1 Å². The van der Waals surface area contributed by atoms with Crippen LogP contribution < -0.4 is 11.3 Å². The number of hydrogen-bond acceptors (Lipinski definition) is 5. The Labute approximate surface area is 113 Å². The van der Waals surface area contributed by atoms with E-state index in [0.29, 0.717) is 11.4 Å². The first-order valence-electron chi connectivity index (χ1n) is 6.54. The minimum Gasteiger partial charge on any atom is -0.333 e. The molecule has 1 aliphatic rings. The van der Waals surface area contributed by atoms with E-state index in [1.165, 1.54) is 0 Å². The summed E-state index contributed by atoms with van der Waals surface area (Å²) < 4.78 is 0. The van der Waals surface area contributed by atoms with Gasteiger partial charge in [0.15, 0.2) is 0 Å². The lowest BCUT2D eigenvalue weighted by Crippen LogP contribution is -2.42. The number of carbonyl (C=O) groups excluding carboxylic acids is 1. The van der Waals surface area contributed by atoms with Gasteiger partial charge in [-0.1, -0.05) is 0 Å². The van der Waals surface area contributed by atoms with Crippen molar-refractivity contribution in [1.82, 2.24) is 14.8 Å². The number of nitrogens with one attached hydrogen (secondary N) is 1. The van der Waals surface area contributed by atoms with Crippen LogP contribution in [0.2, 0.25) is 0 Å². The van der Waals surface area contributed by atoms with Crippen LogP contribution in [0.15, 0.2) is 18.3 Å². The lowest BCUT2D eigenvalue weighted by molar-refractivity contribution is 0.0690. The van der Waals surface area contributed by atoms with E-state index < -0.39 is 0 Å². The highest BCUT2D eigenvalue weighted by Gasteiger charge is 2.25. The molecule has 1 amide bonds. The summed E-state index contributed by atoms with van der Waals surface area (Å²) in [5, 5.41) is 0. The number of carbonyl (C=O) groups is 1. The van der Waals surface area contributed by atoms with Gasteiger partial charge in [-0.15, -0.1) is 0 Å². The van der Waals surface area contributed by atoms with Crippen molar-refractivity contribution in [2.45, 2.75) is 19.4 Å². The van der Waals surface area contributed by atoms with Crippen LogP contribution in [0.1, 0.15) is 23.8 Å². The molecule has 0 spiro atoms. The fraction of sp³-hybridized carbons (Fsp3) is 0.538. The third-order valence-corrected chi connectivity index (χ3v) is 3.46. The number of nitrogens with two attached hydrogens (primary N) is 1. The Morgan fingerprint density at radius 2 is 2.26 bits per heavy atom. The molecule has 1 unspecified atom stereocenters. The lowest BCUT2D eigenvalue weighted by atomic mass is 10.2. The van der Waals surface area contributed by atoms with Crippen LogP contribution >= 0.6 is 0 Å². The summed E-state index contributed by atoms with van der Waals surface area (Å²) >= 11 is 0. The SMILES string of the molecule is CC1CN(C)CCCN1C(=O)c1ccc(NN)cn1. The smallest absolute Gasteiger partial charge is 0.272 e.